The molecule has 0 bridgehead atoms. The summed E-state index contributed by atoms with van der Waals surface area (Å²) in [6.07, 6.45) is 3.88. The van der Waals surface area contributed by atoms with E-state index in [0.29, 0.717) is 17.7 Å². The molecule has 0 amide bonds. The number of aliphatic imine (C=N–C) groups is 1. The number of piperidine rings is 1. The lowest BCUT2D eigenvalue weighted by molar-refractivity contribution is 0.0668. The maximum Gasteiger partial charge on any atom is 0.319 e. The Morgan fingerprint density at radius 2 is 2.10 bits per heavy atom. The Hall–Kier alpha value is -1.66. The largest absolute Gasteiger partial charge is 0.349 e. The quantitative estimate of drug-likeness (QED) is 0.688. The lowest BCUT2D eigenvalue weighted by atomic mass is 9.92. The van der Waals surface area contributed by atoms with Gasteiger partial charge >= 0.3 is 6.55 Å². The predicted molar refractivity (Wildman–Crippen MR) is 78.2 cm³/mol. The third-order valence-corrected chi connectivity index (χ3v) is 3.74. The molecule has 7 heteroatoms. The normalized spacial score (nSPS) is 23.7. The molecule has 1 saturated heterocycles. The van der Waals surface area contributed by atoms with Crippen LogP contribution in [-0.2, 0) is 6.54 Å². The van der Waals surface area contributed by atoms with Gasteiger partial charge in [0.25, 0.3) is 0 Å². The fourth-order valence-electron chi connectivity index (χ4n) is 2.98. The van der Waals surface area contributed by atoms with E-state index >= 15 is 0 Å². The zero-order valence-corrected chi connectivity index (χ0v) is 12.8. The molecule has 2 rings (SSSR count). The van der Waals surface area contributed by atoms with Crippen molar-refractivity contribution in [1.29, 1.82) is 0 Å². The van der Waals surface area contributed by atoms with E-state index in [4.69, 9.17) is 0 Å². The third kappa shape index (κ3) is 3.92. The van der Waals surface area contributed by atoms with E-state index in [1.807, 2.05) is 0 Å². The molecule has 0 spiro atoms. The molecular weight excluding hydrogens is 276 g/mol. The van der Waals surface area contributed by atoms with Gasteiger partial charge in [0.1, 0.15) is 5.82 Å². The molecule has 21 heavy (non-hydrogen) atoms. The van der Waals surface area contributed by atoms with E-state index in [1.165, 1.54) is 18.8 Å². The van der Waals surface area contributed by atoms with Crippen LogP contribution in [0.15, 0.2) is 17.4 Å². The van der Waals surface area contributed by atoms with Crippen molar-refractivity contribution in [3.63, 3.8) is 0 Å². The Kier molecular flexibility index (Phi) is 5.14. The Morgan fingerprint density at radius 1 is 1.43 bits per heavy atom. The number of alkyl halides is 2. The average molecular weight is 299 g/mol. The highest BCUT2D eigenvalue weighted by Crippen LogP contribution is 2.21. The summed E-state index contributed by atoms with van der Waals surface area (Å²) in [6, 6.07) is 0. The number of likely N-dealkylation sites (tertiary alicyclic amines) is 1. The topological polar surface area (TPSA) is 45.5 Å². The second kappa shape index (κ2) is 6.87. The smallest absolute Gasteiger partial charge is 0.319 e. The number of imidazole rings is 1. The molecule has 0 aromatic carbocycles. The van der Waals surface area contributed by atoms with Crippen LogP contribution >= 0.6 is 0 Å². The van der Waals surface area contributed by atoms with Crippen LogP contribution < -0.4 is 5.32 Å². The number of nitrogens with zero attached hydrogens (tertiary/aromatic N) is 4. The number of rotatable bonds is 3. The SMILES string of the molecule is CN=C(NCc1nccn1C(F)F)N1CC(C)CC(C)C1. The highest BCUT2D eigenvalue weighted by molar-refractivity contribution is 5.79. The molecule has 5 nitrogen and oxygen atoms in total. The minimum atomic E-state index is -2.57. The van der Waals surface area contributed by atoms with Gasteiger partial charge in [-0.05, 0) is 18.3 Å². The Bertz CT molecular complexity index is 475. The van der Waals surface area contributed by atoms with Crippen LogP contribution in [-0.4, -0.2) is 40.5 Å². The van der Waals surface area contributed by atoms with Gasteiger partial charge in [-0.15, -0.1) is 0 Å². The molecular formula is C14H23F2N5. The molecule has 1 aliphatic heterocycles. The summed E-state index contributed by atoms with van der Waals surface area (Å²) >= 11 is 0. The van der Waals surface area contributed by atoms with E-state index < -0.39 is 6.55 Å². The molecule has 0 aliphatic carbocycles. The second-order valence-electron chi connectivity index (χ2n) is 5.78. The number of halogens is 2. The molecule has 2 unspecified atom stereocenters. The molecule has 1 aliphatic rings. The minimum absolute atomic E-state index is 0.239. The number of guanidine groups is 1. The van der Waals surface area contributed by atoms with E-state index in [9.17, 15) is 8.78 Å². The Labute approximate surface area is 124 Å². The summed E-state index contributed by atoms with van der Waals surface area (Å²) in [6.45, 7) is 3.99. The van der Waals surface area contributed by atoms with Crippen LogP contribution in [0.5, 0.6) is 0 Å². The van der Waals surface area contributed by atoms with Crippen molar-refractivity contribution in [2.24, 2.45) is 16.8 Å². The van der Waals surface area contributed by atoms with E-state index in [1.54, 1.807) is 7.05 Å². The molecule has 1 N–H and O–H groups in total. The molecule has 118 valence electrons. The molecule has 0 radical (unpaired) electrons. The molecule has 2 heterocycles. The van der Waals surface area contributed by atoms with Crippen molar-refractivity contribution in [2.45, 2.75) is 33.4 Å². The highest BCUT2D eigenvalue weighted by atomic mass is 19.3. The van der Waals surface area contributed by atoms with Gasteiger partial charge in [0, 0.05) is 32.5 Å². The minimum Gasteiger partial charge on any atom is -0.349 e. The van der Waals surface area contributed by atoms with Gasteiger partial charge in [-0.3, -0.25) is 9.56 Å². The maximum absolute atomic E-state index is 12.8. The lowest BCUT2D eigenvalue weighted by Gasteiger charge is -2.37. The third-order valence-electron chi connectivity index (χ3n) is 3.74. The predicted octanol–water partition coefficient (Wildman–Crippen LogP) is 2.33. The van der Waals surface area contributed by atoms with Gasteiger partial charge < -0.3 is 10.2 Å². The lowest BCUT2D eigenvalue weighted by Crippen LogP contribution is -2.48. The van der Waals surface area contributed by atoms with E-state index in [-0.39, 0.29) is 6.54 Å². The highest BCUT2D eigenvalue weighted by Gasteiger charge is 2.24. The average Bonchev–Trinajstić information content (AvgIpc) is 2.87. The van der Waals surface area contributed by atoms with Crippen molar-refractivity contribution in [1.82, 2.24) is 19.8 Å². The van der Waals surface area contributed by atoms with E-state index in [0.717, 1.165) is 23.6 Å². The van der Waals surface area contributed by atoms with Crippen LogP contribution in [0, 0.1) is 11.8 Å². The molecule has 0 saturated carbocycles. The maximum atomic E-state index is 12.8. The van der Waals surface area contributed by atoms with Gasteiger partial charge in [0.2, 0.25) is 0 Å². The first-order chi connectivity index (χ1) is 10.0. The zero-order valence-electron chi connectivity index (χ0n) is 12.8. The van der Waals surface area contributed by atoms with Crippen molar-refractivity contribution in [3.8, 4) is 0 Å². The standard InChI is InChI=1S/C14H23F2N5/c1-10-6-11(2)9-20(8-10)14(17-3)19-7-12-18-4-5-21(12)13(15)16/h4-5,10-11,13H,6-9H2,1-3H3,(H,17,19). The Balaban J connectivity index is 1.98. The fraction of sp³-hybridized carbons (Fsp3) is 0.714. The molecule has 1 fully saturated rings. The van der Waals surface area contributed by atoms with Crippen LogP contribution in [0.1, 0.15) is 32.6 Å². The molecule has 1 aromatic heterocycles. The van der Waals surface area contributed by atoms with Crippen molar-refractivity contribution in [2.75, 3.05) is 20.1 Å². The van der Waals surface area contributed by atoms with Gasteiger partial charge in [-0.1, -0.05) is 13.8 Å². The van der Waals surface area contributed by atoms with Gasteiger partial charge in [-0.25, -0.2) is 4.98 Å². The summed E-state index contributed by atoms with van der Waals surface area (Å²) in [4.78, 5) is 10.4. The van der Waals surface area contributed by atoms with Gasteiger partial charge in [0.05, 0.1) is 6.54 Å². The van der Waals surface area contributed by atoms with E-state index in [2.05, 4.69) is 34.0 Å². The Morgan fingerprint density at radius 3 is 2.67 bits per heavy atom. The second-order valence-corrected chi connectivity index (χ2v) is 5.78. The van der Waals surface area contributed by atoms with Gasteiger partial charge in [-0.2, -0.15) is 8.78 Å². The summed E-state index contributed by atoms with van der Waals surface area (Å²) < 4.78 is 26.4. The summed E-state index contributed by atoms with van der Waals surface area (Å²) in [5.74, 6) is 2.27. The van der Waals surface area contributed by atoms with Gasteiger partial charge in [0.15, 0.2) is 5.96 Å². The monoisotopic (exact) mass is 299 g/mol. The summed E-state index contributed by atoms with van der Waals surface area (Å²) in [5.41, 5.74) is 0. The summed E-state index contributed by atoms with van der Waals surface area (Å²) in [5, 5.41) is 3.14. The van der Waals surface area contributed by atoms with Crippen molar-refractivity contribution < 1.29 is 8.78 Å². The van der Waals surface area contributed by atoms with Crippen LogP contribution in [0.3, 0.4) is 0 Å². The molecule has 1 aromatic rings. The first-order valence-corrected chi connectivity index (χ1v) is 7.26. The first kappa shape index (κ1) is 15.7. The molecule has 2 atom stereocenters. The van der Waals surface area contributed by atoms with Crippen LogP contribution in [0.4, 0.5) is 8.78 Å². The number of nitrogens with one attached hydrogen (secondary N) is 1. The first-order valence-electron chi connectivity index (χ1n) is 7.26. The fourth-order valence-corrected chi connectivity index (χ4v) is 2.98. The van der Waals surface area contributed by atoms with Crippen LogP contribution in [0.2, 0.25) is 0 Å². The summed E-state index contributed by atoms with van der Waals surface area (Å²) in [7, 11) is 1.71. The zero-order chi connectivity index (χ0) is 15.4. The number of aromatic nitrogens is 2. The number of hydrogen-bond acceptors (Lipinski definition) is 2. The van der Waals surface area contributed by atoms with Crippen LogP contribution in [0.25, 0.3) is 0 Å². The van der Waals surface area contributed by atoms with Crippen molar-refractivity contribution in [3.05, 3.63) is 18.2 Å². The van der Waals surface area contributed by atoms with Crippen molar-refractivity contribution >= 4 is 5.96 Å². The number of hydrogen-bond donors (Lipinski definition) is 1.